The molecule has 0 radical (unpaired) electrons. The minimum absolute atomic E-state index is 0.0339. The molecule has 1 aliphatic heterocycles. The van der Waals surface area contributed by atoms with Crippen molar-refractivity contribution in [2.24, 2.45) is 0 Å². The number of sulfonamides is 1. The minimum atomic E-state index is -3.16. The zero-order valence-corrected chi connectivity index (χ0v) is 13.4. The standard InChI is InChI=1S/C14H22N4O2S/c1-10-8-13(16-14(15-10)11-5-6-11)18-7-3-4-12(9-18)17-21(2,19)20/h8,11-12,17H,3-7,9H2,1-2H3. The Morgan fingerprint density at radius 2 is 2.05 bits per heavy atom. The molecule has 1 aliphatic carbocycles. The monoisotopic (exact) mass is 310 g/mol. The van der Waals surface area contributed by atoms with Crippen molar-refractivity contribution in [2.45, 2.75) is 44.6 Å². The zero-order valence-electron chi connectivity index (χ0n) is 12.5. The van der Waals surface area contributed by atoms with Crippen molar-refractivity contribution in [1.29, 1.82) is 0 Å². The van der Waals surface area contributed by atoms with Gasteiger partial charge in [0.05, 0.1) is 6.26 Å². The first kappa shape index (κ1) is 14.7. The van der Waals surface area contributed by atoms with Crippen LogP contribution in [0.5, 0.6) is 0 Å². The summed E-state index contributed by atoms with van der Waals surface area (Å²) in [5, 5.41) is 0. The van der Waals surface area contributed by atoms with Gasteiger partial charge in [0.25, 0.3) is 0 Å². The fraction of sp³-hybridized carbons (Fsp3) is 0.714. The van der Waals surface area contributed by atoms with E-state index in [9.17, 15) is 8.42 Å². The van der Waals surface area contributed by atoms with E-state index in [0.717, 1.165) is 36.7 Å². The van der Waals surface area contributed by atoms with E-state index in [4.69, 9.17) is 0 Å². The van der Waals surface area contributed by atoms with E-state index >= 15 is 0 Å². The van der Waals surface area contributed by atoms with Crippen molar-refractivity contribution in [2.75, 3.05) is 24.2 Å². The number of nitrogens with one attached hydrogen (secondary N) is 1. The molecule has 0 amide bonds. The lowest BCUT2D eigenvalue weighted by atomic mass is 10.1. The van der Waals surface area contributed by atoms with E-state index in [2.05, 4.69) is 19.6 Å². The van der Waals surface area contributed by atoms with Crippen molar-refractivity contribution in [3.05, 3.63) is 17.6 Å². The summed E-state index contributed by atoms with van der Waals surface area (Å²) >= 11 is 0. The third kappa shape index (κ3) is 3.91. The van der Waals surface area contributed by atoms with Gasteiger partial charge in [-0.2, -0.15) is 0 Å². The fourth-order valence-electron chi connectivity index (χ4n) is 2.84. The smallest absolute Gasteiger partial charge is 0.209 e. The summed E-state index contributed by atoms with van der Waals surface area (Å²) in [6, 6.07) is 1.96. The summed E-state index contributed by atoms with van der Waals surface area (Å²) < 4.78 is 25.5. The van der Waals surface area contributed by atoms with Crippen LogP contribution in [0.2, 0.25) is 0 Å². The van der Waals surface area contributed by atoms with Crippen LogP contribution < -0.4 is 9.62 Å². The molecule has 21 heavy (non-hydrogen) atoms. The van der Waals surface area contributed by atoms with Crippen LogP contribution in [0.15, 0.2) is 6.07 Å². The van der Waals surface area contributed by atoms with Crippen molar-refractivity contribution >= 4 is 15.8 Å². The Bertz CT molecular complexity index is 628. The largest absolute Gasteiger partial charge is 0.355 e. The van der Waals surface area contributed by atoms with Crippen molar-refractivity contribution < 1.29 is 8.42 Å². The number of rotatable bonds is 4. The van der Waals surface area contributed by atoms with Crippen LogP contribution in [0.4, 0.5) is 5.82 Å². The Balaban J connectivity index is 1.76. The maximum atomic E-state index is 11.4. The van der Waals surface area contributed by atoms with E-state index in [-0.39, 0.29) is 6.04 Å². The van der Waals surface area contributed by atoms with E-state index in [0.29, 0.717) is 12.5 Å². The summed E-state index contributed by atoms with van der Waals surface area (Å²) in [5.74, 6) is 2.41. The quantitative estimate of drug-likeness (QED) is 0.904. The molecule has 2 fully saturated rings. The lowest BCUT2D eigenvalue weighted by Crippen LogP contribution is -2.47. The molecular weight excluding hydrogens is 288 g/mol. The highest BCUT2D eigenvalue weighted by Crippen LogP contribution is 2.38. The van der Waals surface area contributed by atoms with Crippen LogP contribution in [0, 0.1) is 6.92 Å². The zero-order chi connectivity index (χ0) is 15.0. The van der Waals surface area contributed by atoms with Gasteiger partial charge in [-0.25, -0.2) is 23.1 Å². The van der Waals surface area contributed by atoms with Gasteiger partial charge in [-0.05, 0) is 32.6 Å². The highest BCUT2D eigenvalue weighted by molar-refractivity contribution is 7.88. The average Bonchev–Trinajstić information content (AvgIpc) is 3.20. The Kier molecular flexibility index (Phi) is 3.88. The average molecular weight is 310 g/mol. The normalized spacial score (nSPS) is 23.3. The molecule has 2 aliphatic rings. The summed E-state index contributed by atoms with van der Waals surface area (Å²) in [6.45, 7) is 3.59. The summed E-state index contributed by atoms with van der Waals surface area (Å²) in [4.78, 5) is 11.4. The van der Waals surface area contributed by atoms with Crippen LogP contribution in [-0.2, 0) is 10.0 Å². The first-order chi connectivity index (χ1) is 9.90. The van der Waals surface area contributed by atoms with Crippen molar-refractivity contribution in [3.8, 4) is 0 Å². The molecule has 0 spiro atoms. The molecule has 3 rings (SSSR count). The fourth-order valence-corrected chi connectivity index (χ4v) is 3.64. The summed E-state index contributed by atoms with van der Waals surface area (Å²) in [5.41, 5.74) is 0.986. The van der Waals surface area contributed by atoms with E-state index in [1.54, 1.807) is 0 Å². The molecule has 1 saturated heterocycles. The van der Waals surface area contributed by atoms with E-state index < -0.39 is 10.0 Å². The van der Waals surface area contributed by atoms with Gasteiger partial charge in [0.15, 0.2) is 0 Å². The molecule has 1 atom stereocenters. The molecular formula is C14H22N4O2S. The number of aromatic nitrogens is 2. The van der Waals surface area contributed by atoms with Crippen LogP contribution in [-0.4, -0.2) is 43.8 Å². The summed E-state index contributed by atoms with van der Waals surface area (Å²) in [6.07, 6.45) is 5.42. The molecule has 1 aromatic rings. The number of hydrogen-bond donors (Lipinski definition) is 1. The second-order valence-electron chi connectivity index (χ2n) is 6.18. The molecule has 0 bridgehead atoms. The lowest BCUT2D eigenvalue weighted by Gasteiger charge is -2.33. The predicted molar refractivity (Wildman–Crippen MR) is 82.0 cm³/mol. The number of piperidine rings is 1. The van der Waals surface area contributed by atoms with Gasteiger partial charge in [-0.15, -0.1) is 0 Å². The Morgan fingerprint density at radius 1 is 1.29 bits per heavy atom. The van der Waals surface area contributed by atoms with Crippen LogP contribution >= 0.6 is 0 Å². The minimum Gasteiger partial charge on any atom is -0.355 e. The van der Waals surface area contributed by atoms with E-state index in [1.807, 2.05) is 13.0 Å². The molecule has 6 nitrogen and oxygen atoms in total. The van der Waals surface area contributed by atoms with Crippen LogP contribution in [0.1, 0.15) is 43.1 Å². The van der Waals surface area contributed by atoms with Crippen molar-refractivity contribution in [1.82, 2.24) is 14.7 Å². The molecule has 1 N–H and O–H groups in total. The third-order valence-corrected chi connectivity index (χ3v) is 4.69. The molecule has 116 valence electrons. The maximum Gasteiger partial charge on any atom is 0.209 e. The molecule has 1 aromatic heterocycles. The molecule has 1 unspecified atom stereocenters. The molecule has 0 aromatic carbocycles. The Morgan fingerprint density at radius 3 is 2.71 bits per heavy atom. The highest BCUT2D eigenvalue weighted by Gasteiger charge is 2.29. The first-order valence-electron chi connectivity index (χ1n) is 7.48. The molecule has 7 heteroatoms. The highest BCUT2D eigenvalue weighted by atomic mass is 32.2. The number of nitrogens with zero attached hydrogens (tertiary/aromatic N) is 3. The van der Waals surface area contributed by atoms with Gasteiger partial charge in [-0.3, -0.25) is 0 Å². The van der Waals surface area contributed by atoms with Gasteiger partial charge >= 0.3 is 0 Å². The van der Waals surface area contributed by atoms with Crippen LogP contribution in [0.3, 0.4) is 0 Å². The van der Waals surface area contributed by atoms with Gasteiger partial charge in [-0.1, -0.05) is 0 Å². The Hall–Kier alpha value is -1.21. The second kappa shape index (κ2) is 5.53. The van der Waals surface area contributed by atoms with Gasteiger partial charge in [0.1, 0.15) is 11.6 Å². The topological polar surface area (TPSA) is 75.2 Å². The number of aryl methyl sites for hydroxylation is 1. The summed E-state index contributed by atoms with van der Waals surface area (Å²) in [7, 11) is -3.16. The predicted octanol–water partition coefficient (Wildman–Crippen LogP) is 1.18. The molecule has 2 heterocycles. The number of hydrogen-bond acceptors (Lipinski definition) is 5. The van der Waals surface area contributed by atoms with Gasteiger partial charge < -0.3 is 4.90 Å². The number of anilines is 1. The SMILES string of the molecule is Cc1cc(N2CCCC(NS(C)(=O)=O)C2)nc(C2CC2)n1. The van der Waals surface area contributed by atoms with Gasteiger partial charge in [0, 0.05) is 36.8 Å². The van der Waals surface area contributed by atoms with Crippen molar-refractivity contribution in [3.63, 3.8) is 0 Å². The van der Waals surface area contributed by atoms with E-state index in [1.165, 1.54) is 19.1 Å². The third-order valence-electron chi connectivity index (χ3n) is 3.93. The Labute approximate surface area is 126 Å². The van der Waals surface area contributed by atoms with Crippen LogP contribution in [0.25, 0.3) is 0 Å². The first-order valence-corrected chi connectivity index (χ1v) is 9.38. The maximum absolute atomic E-state index is 11.4. The molecule has 1 saturated carbocycles. The lowest BCUT2D eigenvalue weighted by molar-refractivity contribution is 0.465. The second-order valence-corrected chi connectivity index (χ2v) is 7.96. The van der Waals surface area contributed by atoms with Gasteiger partial charge in [0.2, 0.25) is 10.0 Å².